The first kappa shape index (κ1) is 16.4. The molecule has 0 saturated heterocycles. The lowest BCUT2D eigenvalue weighted by Gasteiger charge is -2.14. The number of amides is 1. The summed E-state index contributed by atoms with van der Waals surface area (Å²) in [6.07, 6.45) is 5.97. The molecule has 20 heavy (non-hydrogen) atoms. The first-order valence-corrected chi connectivity index (χ1v) is 7.39. The highest BCUT2D eigenvalue weighted by Crippen LogP contribution is 2.14. The summed E-state index contributed by atoms with van der Waals surface area (Å²) in [4.78, 5) is 20.6. The fraction of sp³-hybridized carbons (Fsp3) is 0.667. The molecule has 0 spiro atoms. The smallest absolute Gasteiger partial charge is 0.272 e. The summed E-state index contributed by atoms with van der Waals surface area (Å²) in [5, 5.41) is 2.95. The van der Waals surface area contributed by atoms with Gasteiger partial charge in [-0.3, -0.25) is 4.79 Å². The van der Waals surface area contributed by atoms with Crippen LogP contribution in [-0.4, -0.2) is 21.9 Å². The highest BCUT2D eigenvalue weighted by atomic mass is 16.2. The van der Waals surface area contributed by atoms with Crippen LogP contribution in [0.2, 0.25) is 0 Å². The van der Waals surface area contributed by atoms with Crippen molar-refractivity contribution in [2.45, 2.75) is 65.3 Å². The summed E-state index contributed by atoms with van der Waals surface area (Å²) < 4.78 is 0. The third kappa shape index (κ3) is 4.79. The van der Waals surface area contributed by atoms with Gasteiger partial charge >= 0.3 is 0 Å². The molecule has 0 bridgehead atoms. The predicted molar refractivity (Wildman–Crippen MR) is 81.6 cm³/mol. The summed E-state index contributed by atoms with van der Waals surface area (Å²) >= 11 is 0. The van der Waals surface area contributed by atoms with Crippen LogP contribution in [0.3, 0.4) is 0 Å². The van der Waals surface area contributed by atoms with Crippen molar-refractivity contribution in [3.63, 3.8) is 0 Å². The summed E-state index contributed by atoms with van der Waals surface area (Å²) in [6, 6.07) is 0.130. The fourth-order valence-corrected chi connectivity index (χ4v) is 1.93. The molecule has 0 radical (unpaired) electrons. The summed E-state index contributed by atoms with van der Waals surface area (Å²) in [5.41, 5.74) is 6.41. The van der Waals surface area contributed by atoms with Gasteiger partial charge < -0.3 is 11.1 Å². The van der Waals surface area contributed by atoms with Gasteiger partial charge in [0.1, 0.15) is 5.82 Å². The second kappa shape index (κ2) is 7.82. The van der Waals surface area contributed by atoms with Crippen molar-refractivity contribution >= 4 is 11.6 Å². The molecule has 1 atom stereocenters. The lowest BCUT2D eigenvalue weighted by molar-refractivity contribution is 0.0933. The first-order chi connectivity index (χ1) is 9.45. The van der Waals surface area contributed by atoms with Gasteiger partial charge in [0.15, 0.2) is 5.69 Å². The maximum atomic E-state index is 12.2. The van der Waals surface area contributed by atoms with E-state index in [0.717, 1.165) is 12.8 Å². The Balaban J connectivity index is 2.69. The molecule has 5 heteroatoms. The van der Waals surface area contributed by atoms with Crippen molar-refractivity contribution in [1.29, 1.82) is 0 Å². The number of hydrogen-bond acceptors (Lipinski definition) is 4. The SMILES string of the molecule is CCCCCC(C)NC(=O)c1nc(C(C)C)ncc1N. The molecular weight excluding hydrogens is 252 g/mol. The van der Waals surface area contributed by atoms with E-state index < -0.39 is 0 Å². The number of carbonyl (C=O) groups is 1. The maximum Gasteiger partial charge on any atom is 0.272 e. The van der Waals surface area contributed by atoms with Crippen molar-refractivity contribution in [1.82, 2.24) is 15.3 Å². The topological polar surface area (TPSA) is 80.9 Å². The lowest BCUT2D eigenvalue weighted by atomic mass is 10.1. The van der Waals surface area contributed by atoms with Crippen LogP contribution in [-0.2, 0) is 0 Å². The number of anilines is 1. The van der Waals surface area contributed by atoms with E-state index >= 15 is 0 Å². The minimum atomic E-state index is -0.212. The van der Waals surface area contributed by atoms with Gasteiger partial charge in [-0.25, -0.2) is 9.97 Å². The Hall–Kier alpha value is -1.65. The number of unbranched alkanes of at least 4 members (excludes halogenated alkanes) is 2. The molecule has 0 fully saturated rings. The molecule has 1 rings (SSSR count). The Bertz CT molecular complexity index is 445. The van der Waals surface area contributed by atoms with Gasteiger partial charge in [-0.15, -0.1) is 0 Å². The van der Waals surface area contributed by atoms with E-state index in [4.69, 9.17) is 5.73 Å². The van der Waals surface area contributed by atoms with Crippen LogP contribution >= 0.6 is 0 Å². The maximum absolute atomic E-state index is 12.2. The van der Waals surface area contributed by atoms with Gasteiger partial charge in [-0.05, 0) is 13.3 Å². The van der Waals surface area contributed by atoms with E-state index in [1.165, 1.54) is 19.0 Å². The molecule has 1 aromatic heterocycles. The molecule has 0 aliphatic rings. The zero-order valence-corrected chi connectivity index (χ0v) is 12.9. The number of nitrogens with zero attached hydrogens (tertiary/aromatic N) is 2. The predicted octanol–water partition coefficient (Wildman–Crippen LogP) is 2.88. The summed E-state index contributed by atoms with van der Waals surface area (Å²) in [7, 11) is 0. The van der Waals surface area contributed by atoms with Crippen molar-refractivity contribution in [3.8, 4) is 0 Å². The number of nitrogen functional groups attached to an aromatic ring is 1. The Morgan fingerprint density at radius 3 is 2.65 bits per heavy atom. The fourth-order valence-electron chi connectivity index (χ4n) is 1.93. The molecule has 0 aliphatic heterocycles. The minimum absolute atomic E-state index is 0.130. The molecule has 112 valence electrons. The number of hydrogen-bond donors (Lipinski definition) is 2. The molecule has 1 heterocycles. The van der Waals surface area contributed by atoms with Crippen molar-refractivity contribution in [2.75, 3.05) is 5.73 Å². The number of rotatable bonds is 7. The normalized spacial score (nSPS) is 12.4. The minimum Gasteiger partial charge on any atom is -0.396 e. The van der Waals surface area contributed by atoms with E-state index in [2.05, 4.69) is 22.2 Å². The zero-order chi connectivity index (χ0) is 15.1. The first-order valence-electron chi connectivity index (χ1n) is 7.39. The second-order valence-electron chi connectivity index (χ2n) is 5.56. The highest BCUT2D eigenvalue weighted by molar-refractivity contribution is 5.97. The molecule has 1 aromatic rings. The van der Waals surface area contributed by atoms with Gasteiger partial charge in [-0.2, -0.15) is 0 Å². The lowest BCUT2D eigenvalue weighted by Crippen LogP contribution is -2.34. The van der Waals surface area contributed by atoms with E-state index in [1.807, 2.05) is 20.8 Å². The van der Waals surface area contributed by atoms with Crippen molar-refractivity contribution in [2.24, 2.45) is 0 Å². The molecular formula is C15H26N4O. The Morgan fingerprint density at radius 2 is 2.05 bits per heavy atom. The van der Waals surface area contributed by atoms with Crippen LogP contribution in [0, 0.1) is 0 Å². The summed E-state index contributed by atoms with van der Waals surface area (Å²) in [5.74, 6) is 0.600. The Kier molecular flexibility index (Phi) is 6.42. The molecule has 1 unspecified atom stereocenters. The van der Waals surface area contributed by atoms with E-state index in [9.17, 15) is 4.79 Å². The molecule has 0 aliphatic carbocycles. The van der Waals surface area contributed by atoms with Crippen LogP contribution in [0.15, 0.2) is 6.20 Å². The number of nitrogens with one attached hydrogen (secondary N) is 1. The molecule has 5 nitrogen and oxygen atoms in total. The van der Waals surface area contributed by atoms with Gasteiger partial charge in [-0.1, -0.05) is 40.0 Å². The van der Waals surface area contributed by atoms with E-state index in [1.54, 1.807) is 0 Å². The monoisotopic (exact) mass is 278 g/mol. The van der Waals surface area contributed by atoms with Crippen molar-refractivity contribution < 1.29 is 4.79 Å². The van der Waals surface area contributed by atoms with Gasteiger partial charge in [0.25, 0.3) is 5.91 Å². The molecule has 1 amide bonds. The van der Waals surface area contributed by atoms with Crippen molar-refractivity contribution in [3.05, 3.63) is 17.7 Å². The number of aromatic nitrogens is 2. The van der Waals surface area contributed by atoms with Gasteiger partial charge in [0, 0.05) is 12.0 Å². The quantitative estimate of drug-likeness (QED) is 0.751. The Morgan fingerprint density at radius 1 is 1.35 bits per heavy atom. The van der Waals surface area contributed by atoms with Crippen LogP contribution in [0.5, 0.6) is 0 Å². The molecule has 3 N–H and O–H groups in total. The van der Waals surface area contributed by atoms with E-state index in [0.29, 0.717) is 11.5 Å². The Labute approximate surface area is 121 Å². The summed E-state index contributed by atoms with van der Waals surface area (Å²) in [6.45, 7) is 8.15. The third-order valence-corrected chi connectivity index (χ3v) is 3.19. The largest absolute Gasteiger partial charge is 0.396 e. The van der Waals surface area contributed by atoms with Crippen LogP contribution in [0.25, 0.3) is 0 Å². The van der Waals surface area contributed by atoms with Gasteiger partial charge in [0.05, 0.1) is 11.9 Å². The highest BCUT2D eigenvalue weighted by Gasteiger charge is 2.16. The standard InChI is InChI=1S/C15H26N4O/c1-5-6-7-8-11(4)18-15(20)13-12(16)9-17-14(19-13)10(2)3/h9-11H,5-8,16H2,1-4H3,(H,18,20). The molecule has 0 saturated carbocycles. The third-order valence-electron chi connectivity index (χ3n) is 3.19. The van der Waals surface area contributed by atoms with Crippen LogP contribution in [0.4, 0.5) is 5.69 Å². The second-order valence-corrected chi connectivity index (χ2v) is 5.56. The van der Waals surface area contributed by atoms with Crippen LogP contribution in [0.1, 0.15) is 75.6 Å². The molecule has 0 aromatic carbocycles. The number of carbonyl (C=O) groups excluding carboxylic acids is 1. The zero-order valence-electron chi connectivity index (χ0n) is 12.9. The average Bonchev–Trinajstić information content (AvgIpc) is 2.39. The van der Waals surface area contributed by atoms with E-state index in [-0.39, 0.29) is 23.6 Å². The number of nitrogens with two attached hydrogens (primary N) is 1. The van der Waals surface area contributed by atoms with Crippen LogP contribution < -0.4 is 11.1 Å². The average molecular weight is 278 g/mol. The van der Waals surface area contributed by atoms with Gasteiger partial charge in [0.2, 0.25) is 0 Å².